The van der Waals surface area contributed by atoms with Crippen LogP contribution in [-0.2, 0) is 0 Å². The number of aromatic nitrogens is 1. The summed E-state index contributed by atoms with van der Waals surface area (Å²) in [5, 5.41) is 1.26. The van der Waals surface area contributed by atoms with Crippen LogP contribution in [0.25, 0.3) is 42.9 Å². The second-order valence-electron chi connectivity index (χ2n) is 7.71. The van der Waals surface area contributed by atoms with Gasteiger partial charge in [0, 0.05) is 28.1 Å². The van der Waals surface area contributed by atoms with Crippen LogP contribution in [0.5, 0.6) is 0 Å². The summed E-state index contributed by atoms with van der Waals surface area (Å²) < 4.78 is 9.66. The molecule has 0 radical (unpaired) electrons. The molecule has 0 spiro atoms. The SMILES string of the molecule is [2H]C(C)(C)c1ccnc(-c2cc(-c3ccccc3)c3cc(-c4ccccc4)sc3c2)c1. The minimum Gasteiger partial charge on any atom is -0.256 e. The fourth-order valence-corrected chi connectivity index (χ4v) is 4.92. The van der Waals surface area contributed by atoms with Crippen molar-refractivity contribution in [3.05, 3.63) is 103 Å². The molecule has 0 unspecified atom stereocenters. The van der Waals surface area contributed by atoms with Crippen LogP contribution in [0, 0.1) is 0 Å². The van der Waals surface area contributed by atoms with Crippen LogP contribution >= 0.6 is 11.3 Å². The Kier molecular flexibility index (Phi) is 4.63. The number of rotatable bonds is 4. The third kappa shape index (κ3) is 3.55. The number of pyridine rings is 1. The third-order valence-electron chi connectivity index (χ3n) is 5.41. The average Bonchev–Trinajstić information content (AvgIpc) is 3.23. The standard InChI is InChI=1S/C28H23NS/c1-19(2)22-13-14-29-26(16-22)23-15-24(20-9-5-3-6-10-20)25-18-27(30-28(25)17-23)21-11-7-4-8-12-21/h3-19H,1-2H3/i19D. The van der Waals surface area contributed by atoms with Crippen LogP contribution in [0.15, 0.2) is 97.2 Å². The van der Waals surface area contributed by atoms with Crippen LogP contribution < -0.4 is 0 Å². The van der Waals surface area contributed by atoms with Gasteiger partial charge < -0.3 is 0 Å². The van der Waals surface area contributed by atoms with Crippen LogP contribution in [0.4, 0.5) is 0 Å². The Balaban J connectivity index is 1.74. The number of fused-ring (bicyclic) bond motifs is 1. The summed E-state index contributed by atoms with van der Waals surface area (Å²) in [4.78, 5) is 5.91. The molecule has 5 aromatic rings. The number of benzene rings is 3. The molecule has 5 rings (SSSR count). The van der Waals surface area contributed by atoms with Crippen molar-refractivity contribution in [3.63, 3.8) is 0 Å². The lowest BCUT2D eigenvalue weighted by Gasteiger charge is -2.10. The Morgan fingerprint density at radius 2 is 1.47 bits per heavy atom. The van der Waals surface area contributed by atoms with Gasteiger partial charge in [0.15, 0.2) is 0 Å². The zero-order valence-electron chi connectivity index (χ0n) is 18.1. The van der Waals surface area contributed by atoms with Crippen molar-refractivity contribution >= 4 is 21.4 Å². The minimum atomic E-state index is -0.659. The largest absolute Gasteiger partial charge is 0.256 e. The quantitative estimate of drug-likeness (QED) is 0.292. The molecule has 2 aromatic heterocycles. The maximum Gasteiger partial charge on any atom is 0.0705 e. The lowest BCUT2D eigenvalue weighted by molar-refractivity contribution is 0.864. The van der Waals surface area contributed by atoms with Crippen LogP contribution in [0.3, 0.4) is 0 Å². The van der Waals surface area contributed by atoms with E-state index in [0.717, 1.165) is 16.8 Å². The molecule has 0 amide bonds. The van der Waals surface area contributed by atoms with E-state index in [1.807, 2.05) is 37.4 Å². The minimum absolute atomic E-state index is 0.659. The average molecular weight is 407 g/mol. The van der Waals surface area contributed by atoms with E-state index < -0.39 is 5.89 Å². The Bertz CT molecular complexity index is 1350. The van der Waals surface area contributed by atoms with Crippen LogP contribution in [-0.4, -0.2) is 4.98 Å². The molecule has 0 saturated heterocycles. The number of hydrogen-bond acceptors (Lipinski definition) is 2. The van der Waals surface area contributed by atoms with E-state index in [1.165, 1.54) is 31.7 Å². The molecule has 0 aliphatic heterocycles. The lowest BCUT2D eigenvalue weighted by Crippen LogP contribution is -1.91. The van der Waals surface area contributed by atoms with Gasteiger partial charge in [-0.2, -0.15) is 0 Å². The van der Waals surface area contributed by atoms with Crippen LogP contribution in [0.1, 0.15) is 26.7 Å². The molecule has 3 aromatic carbocycles. The van der Waals surface area contributed by atoms with E-state index in [4.69, 9.17) is 1.37 Å². The summed E-state index contributed by atoms with van der Waals surface area (Å²) >= 11 is 1.81. The highest BCUT2D eigenvalue weighted by Gasteiger charge is 2.13. The summed E-state index contributed by atoms with van der Waals surface area (Å²) in [7, 11) is 0. The highest BCUT2D eigenvalue weighted by molar-refractivity contribution is 7.22. The molecule has 0 fully saturated rings. The van der Waals surface area contributed by atoms with Gasteiger partial charge in [0.25, 0.3) is 0 Å². The van der Waals surface area contributed by atoms with Gasteiger partial charge in [0.05, 0.1) is 5.69 Å². The normalized spacial score (nSPS) is 12.1. The summed E-state index contributed by atoms with van der Waals surface area (Å²) in [5.74, 6) is -0.659. The zero-order chi connectivity index (χ0) is 21.4. The Morgan fingerprint density at radius 1 is 0.767 bits per heavy atom. The van der Waals surface area contributed by atoms with Crippen LogP contribution in [0.2, 0.25) is 0 Å². The highest BCUT2D eigenvalue weighted by atomic mass is 32.1. The molecular weight excluding hydrogens is 382 g/mol. The first-order valence-corrected chi connectivity index (χ1v) is 11.0. The topological polar surface area (TPSA) is 12.9 Å². The molecular formula is C28H23NS. The van der Waals surface area contributed by atoms with Crippen molar-refractivity contribution in [2.24, 2.45) is 0 Å². The van der Waals surface area contributed by atoms with Crippen molar-refractivity contribution in [1.82, 2.24) is 4.98 Å². The van der Waals surface area contributed by atoms with E-state index in [1.54, 1.807) is 0 Å². The Hall–Kier alpha value is -3.23. The summed E-state index contributed by atoms with van der Waals surface area (Å²) in [6.45, 7) is 3.83. The maximum absolute atomic E-state index is 8.41. The number of thiophene rings is 1. The Labute approximate surface area is 183 Å². The molecule has 0 N–H and O–H groups in total. The summed E-state index contributed by atoms with van der Waals surface area (Å²) in [6, 6.07) is 31.9. The van der Waals surface area contributed by atoms with Gasteiger partial charge in [0.2, 0.25) is 0 Å². The van der Waals surface area contributed by atoms with Crippen molar-refractivity contribution < 1.29 is 1.37 Å². The zero-order valence-corrected chi connectivity index (χ0v) is 17.9. The first kappa shape index (κ1) is 17.6. The summed E-state index contributed by atoms with van der Waals surface area (Å²) in [5.41, 5.74) is 6.61. The molecule has 0 aliphatic carbocycles. The van der Waals surface area contributed by atoms with Crippen molar-refractivity contribution in [3.8, 4) is 32.8 Å². The van der Waals surface area contributed by atoms with Crippen molar-refractivity contribution in [2.45, 2.75) is 19.7 Å². The van der Waals surface area contributed by atoms with E-state index >= 15 is 0 Å². The fourth-order valence-electron chi connectivity index (χ4n) is 3.79. The number of nitrogens with zero attached hydrogens (tertiary/aromatic N) is 1. The predicted molar refractivity (Wildman–Crippen MR) is 130 cm³/mol. The van der Waals surface area contributed by atoms with Gasteiger partial charge in [-0.05, 0) is 58.5 Å². The molecule has 2 heteroatoms. The van der Waals surface area contributed by atoms with Gasteiger partial charge in [-0.25, -0.2) is 0 Å². The molecule has 2 heterocycles. The fraction of sp³-hybridized carbons (Fsp3) is 0.107. The molecule has 0 saturated carbocycles. The monoisotopic (exact) mass is 406 g/mol. The first-order valence-electron chi connectivity index (χ1n) is 10.6. The predicted octanol–water partition coefficient (Wildman–Crippen LogP) is 8.42. The van der Waals surface area contributed by atoms with Gasteiger partial charge in [-0.1, -0.05) is 74.5 Å². The second-order valence-corrected chi connectivity index (χ2v) is 8.79. The van der Waals surface area contributed by atoms with Crippen molar-refractivity contribution in [2.75, 3.05) is 0 Å². The molecule has 0 aliphatic rings. The number of hydrogen-bond donors (Lipinski definition) is 0. The third-order valence-corrected chi connectivity index (χ3v) is 6.54. The molecule has 0 atom stereocenters. The van der Waals surface area contributed by atoms with Gasteiger partial charge >= 0.3 is 0 Å². The van der Waals surface area contributed by atoms with E-state index in [2.05, 4.69) is 89.9 Å². The molecule has 0 bridgehead atoms. The molecule has 1 nitrogen and oxygen atoms in total. The van der Waals surface area contributed by atoms with E-state index in [-0.39, 0.29) is 0 Å². The van der Waals surface area contributed by atoms with Gasteiger partial charge in [-0.15, -0.1) is 11.3 Å². The lowest BCUT2D eigenvalue weighted by atomic mass is 9.96. The maximum atomic E-state index is 8.41. The second kappa shape index (κ2) is 7.89. The first-order chi connectivity index (χ1) is 15.0. The van der Waals surface area contributed by atoms with E-state index in [9.17, 15) is 0 Å². The molecule has 146 valence electrons. The van der Waals surface area contributed by atoms with Gasteiger partial charge in [0.1, 0.15) is 0 Å². The van der Waals surface area contributed by atoms with Gasteiger partial charge in [-0.3, -0.25) is 4.98 Å². The van der Waals surface area contributed by atoms with E-state index in [0.29, 0.717) is 0 Å². The molecule has 30 heavy (non-hydrogen) atoms. The Morgan fingerprint density at radius 3 is 2.17 bits per heavy atom. The smallest absolute Gasteiger partial charge is 0.0705 e. The highest BCUT2D eigenvalue weighted by Crippen LogP contribution is 2.41. The van der Waals surface area contributed by atoms with Crippen molar-refractivity contribution in [1.29, 1.82) is 0 Å². The summed E-state index contributed by atoms with van der Waals surface area (Å²) in [6.07, 6.45) is 1.82.